The lowest BCUT2D eigenvalue weighted by Crippen LogP contribution is -2.39. The molecule has 1 amide bonds. The van der Waals surface area contributed by atoms with Crippen LogP contribution in [0.2, 0.25) is 10.0 Å². The molecule has 30 heavy (non-hydrogen) atoms. The molecule has 3 nitrogen and oxygen atoms in total. The van der Waals surface area contributed by atoms with E-state index < -0.39 is 0 Å². The number of thiocarbonyl (C=S) groups is 1. The summed E-state index contributed by atoms with van der Waals surface area (Å²) in [6.07, 6.45) is 4.67. The molecule has 1 atom stereocenters. The summed E-state index contributed by atoms with van der Waals surface area (Å²) in [5.41, 5.74) is 0.732. The van der Waals surface area contributed by atoms with E-state index in [4.69, 9.17) is 35.4 Å². The fraction of sp³-hybridized carbons (Fsp3) is 0.333. The number of rotatable bonds is 4. The monoisotopic (exact) mass is 464 g/mol. The summed E-state index contributed by atoms with van der Waals surface area (Å²) in [6, 6.07) is 16.6. The molecule has 162 valence electrons. The van der Waals surface area contributed by atoms with Crippen molar-refractivity contribution in [2.24, 2.45) is 11.8 Å². The predicted octanol–water partition coefficient (Wildman–Crippen LogP) is 7.16. The Labute approximate surface area is 195 Å². The maximum atomic E-state index is 11.9. The topological polar surface area (TPSA) is 41.1 Å². The standard InChI is InChI=1S/C12H13ClN2OS.C6H5Cl.C6H12/c13-9-2-1-3-10(6-9)15-12(16)8-4-5-11(17)14-7-8;7-6-4-2-1-3-5-6;1-4-5-6(2)3/h1-3,6,8H,4-5,7H2,(H,14,17)(H,15,16);1-5H;4,6H,1,5H2,2-3H3. The zero-order valence-corrected chi connectivity index (χ0v) is 19.9. The van der Waals surface area contributed by atoms with E-state index in [0.717, 1.165) is 40.9 Å². The molecular weight excluding hydrogens is 435 g/mol. The van der Waals surface area contributed by atoms with Gasteiger partial charge in [-0.25, -0.2) is 0 Å². The Morgan fingerprint density at radius 3 is 2.30 bits per heavy atom. The van der Waals surface area contributed by atoms with Gasteiger partial charge in [-0.15, -0.1) is 6.58 Å². The molecule has 0 bridgehead atoms. The molecule has 1 fully saturated rings. The Morgan fingerprint density at radius 2 is 1.87 bits per heavy atom. The average Bonchev–Trinajstić information content (AvgIpc) is 2.70. The number of hydrogen-bond donors (Lipinski definition) is 2. The van der Waals surface area contributed by atoms with Crippen molar-refractivity contribution in [2.75, 3.05) is 11.9 Å². The molecule has 0 aliphatic carbocycles. The van der Waals surface area contributed by atoms with Crippen molar-refractivity contribution in [1.29, 1.82) is 0 Å². The minimum atomic E-state index is -0.0271. The highest BCUT2D eigenvalue weighted by molar-refractivity contribution is 7.80. The second-order valence-electron chi connectivity index (χ2n) is 7.25. The Morgan fingerprint density at radius 1 is 1.20 bits per heavy atom. The summed E-state index contributed by atoms with van der Waals surface area (Å²) in [7, 11) is 0. The maximum absolute atomic E-state index is 11.9. The van der Waals surface area contributed by atoms with E-state index >= 15 is 0 Å². The smallest absolute Gasteiger partial charge is 0.229 e. The van der Waals surface area contributed by atoms with Gasteiger partial charge in [0.05, 0.1) is 10.9 Å². The van der Waals surface area contributed by atoms with Gasteiger partial charge in [0.1, 0.15) is 0 Å². The first-order valence-electron chi connectivity index (χ1n) is 9.96. The largest absolute Gasteiger partial charge is 0.379 e. The minimum absolute atomic E-state index is 0.0160. The van der Waals surface area contributed by atoms with Gasteiger partial charge in [0.2, 0.25) is 5.91 Å². The fourth-order valence-electron chi connectivity index (χ4n) is 2.52. The Kier molecular flexibility index (Phi) is 13.1. The van der Waals surface area contributed by atoms with Gasteiger partial charge >= 0.3 is 0 Å². The molecule has 2 N–H and O–H groups in total. The fourth-order valence-corrected chi connectivity index (χ4v) is 3.05. The van der Waals surface area contributed by atoms with Crippen LogP contribution in [0.5, 0.6) is 0 Å². The molecule has 0 saturated carbocycles. The molecule has 2 aromatic rings. The van der Waals surface area contributed by atoms with Crippen molar-refractivity contribution >= 4 is 52.0 Å². The molecule has 1 aliphatic rings. The number of allylic oxidation sites excluding steroid dienone is 1. The molecular formula is C24H30Cl2N2OS. The van der Waals surface area contributed by atoms with Crippen LogP contribution in [0.15, 0.2) is 67.3 Å². The van der Waals surface area contributed by atoms with Crippen LogP contribution in [0, 0.1) is 11.8 Å². The van der Waals surface area contributed by atoms with E-state index in [1.807, 2.05) is 48.5 Å². The van der Waals surface area contributed by atoms with Gasteiger partial charge in [-0.3, -0.25) is 4.79 Å². The number of benzene rings is 2. The van der Waals surface area contributed by atoms with Crippen molar-refractivity contribution in [3.05, 3.63) is 77.3 Å². The SMILES string of the molecule is C=CCC(C)C.Clc1ccccc1.O=C(Nc1cccc(Cl)c1)C1CCC(=S)NC1. The zero-order valence-electron chi connectivity index (χ0n) is 17.5. The van der Waals surface area contributed by atoms with Crippen molar-refractivity contribution < 1.29 is 4.79 Å². The second-order valence-corrected chi connectivity index (χ2v) is 8.62. The van der Waals surface area contributed by atoms with Crippen LogP contribution in [0.4, 0.5) is 5.69 Å². The third-order valence-electron chi connectivity index (χ3n) is 4.10. The molecule has 1 saturated heterocycles. The normalized spacial score (nSPS) is 15.0. The first-order chi connectivity index (χ1) is 14.3. The lowest BCUT2D eigenvalue weighted by Gasteiger charge is -2.23. The van der Waals surface area contributed by atoms with Crippen LogP contribution < -0.4 is 10.6 Å². The average molecular weight is 465 g/mol. The lowest BCUT2D eigenvalue weighted by molar-refractivity contribution is -0.120. The number of hydrogen-bond acceptors (Lipinski definition) is 2. The van der Waals surface area contributed by atoms with Gasteiger partial charge in [-0.1, -0.05) is 79.6 Å². The summed E-state index contributed by atoms with van der Waals surface area (Å²) in [5, 5.41) is 7.33. The van der Waals surface area contributed by atoms with Crippen LogP contribution in [0.3, 0.4) is 0 Å². The summed E-state index contributed by atoms with van der Waals surface area (Å²) >= 11 is 16.4. The number of halogens is 2. The van der Waals surface area contributed by atoms with E-state index in [1.54, 1.807) is 12.1 Å². The molecule has 0 radical (unpaired) electrons. The maximum Gasteiger partial charge on any atom is 0.229 e. The van der Waals surface area contributed by atoms with Gasteiger partial charge in [-0.2, -0.15) is 0 Å². The summed E-state index contributed by atoms with van der Waals surface area (Å²) in [5.74, 6) is 0.769. The van der Waals surface area contributed by atoms with Crippen LogP contribution in [-0.4, -0.2) is 17.4 Å². The first kappa shape index (κ1) is 26.2. The number of anilines is 1. The zero-order chi connectivity index (χ0) is 22.4. The van der Waals surface area contributed by atoms with E-state index in [-0.39, 0.29) is 11.8 Å². The Hall–Kier alpha value is -1.88. The molecule has 3 rings (SSSR count). The van der Waals surface area contributed by atoms with Gasteiger partial charge in [0.15, 0.2) is 0 Å². The van der Waals surface area contributed by atoms with Gasteiger partial charge in [-0.05, 0) is 55.5 Å². The van der Waals surface area contributed by atoms with E-state index in [0.29, 0.717) is 11.6 Å². The molecule has 2 aromatic carbocycles. The molecule has 1 unspecified atom stereocenters. The predicted molar refractivity (Wildman–Crippen MR) is 135 cm³/mol. The number of piperidine rings is 1. The quantitative estimate of drug-likeness (QED) is 0.372. The molecule has 0 spiro atoms. The highest BCUT2D eigenvalue weighted by atomic mass is 35.5. The number of carbonyl (C=O) groups excluding carboxylic acids is 1. The van der Waals surface area contributed by atoms with E-state index in [9.17, 15) is 4.79 Å². The van der Waals surface area contributed by atoms with Gasteiger partial charge < -0.3 is 10.6 Å². The van der Waals surface area contributed by atoms with Gasteiger partial charge in [0, 0.05) is 22.3 Å². The number of amides is 1. The number of carbonyl (C=O) groups is 1. The van der Waals surface area contributed by atoms with Crippen molar-refractivity contribution in [3.63, 3.8) is 0 Å². The first-order valence-corrected chi connectivity index (χ1v) is 11.1. The van der Waals surface area contributed by atoms with Crippen molar-refractivity contribution in [2.45, 2.75) is 33.1 Å². The van der Waals surface area contributed by atoms with Crippen LogP contribution in [0.1, 0.15) is 33.1 Å². The van der Waals surface area contributed by atoms with Crippen LogP contribution >= 0.6 is 35.4 Å². The van der Waals surface area contributed by atoms with Gasteiger partial charge in [0.25, 0.3) is 0 Å². The highest BCUT2D eigenvalue weighted by Crippen LogP contribution is 2.18. The second kappa shape index (κ2) is 15.0. The third kappa shape index (κ3) is 12.0. The summed E-state index contributed by atoms with van der Waals surface area (Å²) < 4.78 is 0. The Balaban J connectivity index is 0.000000285. The summed E-state index contributed by atoms with van der Waals surface area (Å²) in [4.78, 5) is 12.8. The Bertz CT molecular complexity index is 787. The molecule has 0 aromatic heterocycles. The highest BCUT2D eigenvalue weighted by Gasteiger charge is 2.22. The minimum Gasteiger partial charge on any atom is -0.379 e. The summed E-state index contributed by atoms with van der Waals surface area (Å²) in [6.45, 7) is 8.58. The molecule has 1 aliphatic heterocycles. The van der Waals surface area contributed by atoms with Crippen molar-refractivity contribution in [3.8, 4) is 0 Å². The molecule has 6 heteroatoms. The van der Waals surface area contributed by atoms with E-state index in [1.165, 1.54) is 0 Å². The lowest BCUT2D eigenvalue weighted by atomic mass is 9.98. The van der Waals surface area contributed by atoms with E-state index in [2.05, 4.69) is 31.1 Å². The van der Waals surface area contributed by atoms with Crippen LogP contribution in [-0.2, 0) is 4.79 Å². The van der Waals surface area contributed by atoms with Crippen molar-refractivity contribution in [1.82, 2.24) is 5.32 Å². The molecule has 1 heterocycles. The third-order valence-corrected chi connectivity index (χ3v) is 4.94. The number of nitrogens with one attached hydrogen (secondary N) is 2. The van der Waals surface area contributed by atoms with Crippen LogP contribution in [0.25, 0.3) is 0 Å².